The van der Waals surface area contributed by atoms with E-state index in [2.05, 4.69) is 57.2 Å². The van der Waals surface area contributed by atoms with Crippen molar-refractivity contribution in [3.63, 3.8) is 0 Å². The predicted octanol–water partition coefficient (Wildman–Crippen LogP) is 18.8. The van der Waals surface area contributed by atoms with Crippen molar-refractivity contribution in [1.82, 2.24) is 0 Å². The highest BCUT2D eigenvalue weighted by molar-refractivity contribution is 5.71. The summed E-state index contributed by atoms with van der Waals surface area (Å²) >= 11 is 0. The van der Waals surface area contributed by atoms with Gasteiger partial charge in [0, 0.05) is 19.3 Å². The third-order valence-corrected chi connectivity index (χ3v) is 12.4. The topological polar surface area (TPSA) is 78.9 Å². The van der Waals surface area contributed by atoms with Gasteiger partial charge in [0.2, 0.25) is 0 Å². The molecule has 0 fully saturated rings. The molecular formula is C60H106O6. The summed E-state index contributed by atoms with van der Waals surface area (Å²) in [6.07, 6.45) is 67.7. The van der Waals surface area contributed by atoms with Crippen LogP contribution >= 0.6 is 0 Å². The highest BCUT2D eigenvalue weighted by Gasteiger charge is 2.19. The first kappa shape index (κ1) is 63.1. The number of hydrogen-bond acceptors (Lipinski definition) is 6. The number of unbranched alkanes of at least 4 members (excludes halogenated alkanes) is 34. The molecule has 0 N–H and O–H groups in total. The number of hydrogen-bond donors (Lipinski definition) is 0. The third-order valence-electron chi connectivity index (χ3n) is 12.4. The second-order valence-electron chi connectivity index (χ2n) is 19.0. The van der Waals surface area contributed by atoms with E-state index in [1.165, 1.54) is 161 Å². The standard InChI is InChI=1S/C60H106O6/c1-4-7-10-13-16-19-22-25-27-29-31-33-35-38-41-44-47-50-53-59(62)65-56-57(55-64-58(61)52-49-46-43-40-37-24-21-18-15-12-9-6-3)66-60(63)54-51-48-45-42-39-36-34-32-30-28-26-23-20-17-14-11-8-5-2/h10,13,16,19,22,25,27,29,31,33,57H,4-9,11-12,14-15,17-18,20-21,23-24,26,28,30,32,34-56H2,1-3H3/b13-10-,19-16-,25-22-,29-27-,33-31-. The quantitative estimate of drug-likeness (QED) is 0.0262. The van der Waals surface area contributed by atoms with Crippen molar-refractivity contribution in [3.8, 4) is 0 Å². The highest BCUT2D eigenvalue weighted by atomic mass is 16.6. The van der Waals surface area contributed by atoms with Crippen LogP contribution in [0.5, 0.6) is 0 Å². The number of esters is 3. The molecule has 0 radical (unpaired) electrons. The number of ether oxygens (including phenoxy) is 3. The minimum Gasteiger partial charge on any atom is -0.462 e. The Bertz CT molecular complexity index is 1200. The molecule has 0 saturated carbocycles. The van der Waals surface area contributed by atoms with Gasteiger partial charge in [-0.05, 0) is 38.5 Å². The molecule has 0 aromatic rings. The van der Waals surface area contributed by atoms with Gasteiger partial charge in [0.15, 0.2) is 6.10 Å². The molecule has 0 bridgehead atoms. The normalized spacial score (nSPS) is 12.5. The lowest BCUT2D eigenvalue weighted by Crippen LogP contribution is -2.30. The van der Waals surface area contributed by atoms with E-state index in [9.17, 15) is 14.4 Å². The molecule has 6 heteroatoms. The van der Waals surface area contributed by atoms with Crippen LogP contribution in [0.1, 0.15) is 284 Å². The van der Waals surface area contributed by atoms with E-state index in [4.69, 9.17) is 14.2 Å². The molecule has 0 amide bonds. The minimum absolute atomic E-state index is 0.0788. The molecule has 6 nitrogen and oxygen atoms in total. The van der Waals surface area contributed by atoms with Crippen LogP contribution in [0.4, 0.5) is 0 Å². The number of carbonyl (C=O) groups excluding carboxylic acids is 3. The van der Waals surface area contributed by atoms with Crippen LogP contribution < -0.4 is 0 Å². The van der Waals surface area contributed by atoms with Gasteiger partial charge in [0.1, 0.15) is 13.2 Å². The van der Waals surface area contributed by atoms with Gasteiger partial charge in [-0.3, -0.25) is 14.4 Å². The molecule has 0 spiro atoms. The minimum atomic E-state index is -0.781. The van der Waals surface area contributed by atoms with E-state index in [1.807, 2.05) is 24.3 Å². The molecule has 0 aromatic carbocycles. The Balaban J connectivity index is 4.38. The van der Waals surface area contributed by atoms with E-state index < -0.39 is 6.10 Å². The van der Waals surface area contributed by atoms with Crippen molar-refractivity contribution in [2.75, 3.05) is 13.2 Å². The lowest BCUT2D eigenvalue weighted by molar-refractivity contribution is -0.167. The lowest BCUT2D eigenvalue weighted by atomic mass is 10.0. The molecule has 382 valence electrons. The summed E-state index contributed by atoms with van der Waals surface area (Å²) < 4.78 is 16.8. The van der Waals surface area contributed by atoms with E-state index in [0.717, 1.165) is 83.5 Å². The summed E-state index contributed by atoms with van der Waals surface area (Å²) in [5.74, 6) is -0.891. The zero-order chi connectivity index (χ0) is 47.9. The molecule has 0 aliphatic heterocycles. The van der Waals surface area contributed by atoms with E-state index in [1.54, 1.807) is 0 Å². The zero-order valence-corrected chi connectivity index (χ0v) is 43.7. The molecular weight excluding hydrogens is 817 g/mol. The maximum absolute atomic E-state index is 12.8. The highest BCUT2D eigenvalue weighted by Crippen LogP contribution is 2.17. The summed E-state index contributed by atoms with van der Waals surface area (Å²) in [4.78, 5) is 38.1. The van der Waals surface area contributed by atoms with Gasteiger partial charge in [-0.15, -0.1) is 0 Å². The summed E-state index contributed by atoms with van der Waals surface area (Å²) in [5.41, 5.74) is 0. The van der Waals surface area contributed by atoms with Crippen LogP contribution in [0.25, 0.3) is 0 Å². The van der Waals surface area contributed by atoms with Crippen LogP contribution in [0.15, 0.2) is 60.8 Å². The van der Waals surface area contributed by atoms with Crippen molar-refractivity contribution in [3.05, 3.63) is 60.8 Å². The van der Waals surface area contributed by atoms with Gasteiger partial charge in [-0.1, -0.05) is 287 Å². The summed E-state index contributed by atoms with van der Waals surface area (Å²) in [5, 5.41) is 0. The maximum Gasteiger partial charge on any atom is 0.306 e. The molecule has 0 aliphatic rings. The van der Waals surface area contributed by atoms with E-state index in [0.29, 0.717) is 19.3 Å². The first-order valence-electron chi connectivity index (χ1n) is 28.4. The SMILES string of the molecule is CCC\C=C/C=C\C=C/C=C\C=C/CCCCCCCC(=O)OCC(COC(=O)CCCCCCCCCCCCCC)OC(=O)CCCCCCCCCCCCCCCCCCCC. The molecule has 0 aliphatic carbocycles. The van der Waals surface area contributed by atoms with Gasteiger partial charge in [-0.25, -0.2) is 0 Å². The van der Waals surface area contributed by atoms with Crippen LogP contribution in [0, 0.1) is 0 Å². The first-order valence-corrected chi connectivity index (χ1v) is 28.4. The monoisotopic (exact) mass is 923 g/mol. The Morgan fingerprint density at radius 3 is 0.909 bits per heavy atom. The molecule has 66 heavy (non-hydrogen) atoms. The average molecular weight is 924 g/mol. The van der Waals surface area contributed by atoms with Crippen LogP contribution in [-0.4, -0.2) is 37.2 Å². The molecule has 1 unspecified atom stereocenters. The van der Waals surface area contributed by atoms with Crippen molar-refractivity contribution < 1.29 is 28.6 Å². The van der Waals surface area contributed by atoms with Crippen LogP contribution in [-0.2, 0) is 28.6 Å². The third kappa shape index (κ3) is 52.1. The van der Waals surface area contributed by atoms with Gasteiger partial charge >= 0.3 is 17.9 Å². The Morgan fingerprint density at radius 2 is 0.576 bits per heavy atom. The zero-order valence-electron chi connectivity index (χ0n) is 43.7. The number of carbonyl (C=O) groups is 3. The summed E-state index contributed by atoms with van der Waals surface area (Å²) in [6, 6.07) is 0. The maximum atomic E-state index is 12.8. The van der Waals surface area contributed by atoms with E-state index in [-0.39, 0.29) is 31.1 Å². The van der Waals surface area contributed by atoms with Crippen molar-refractivity contribution in [1.29, 1.82) is 0 Å². The van der Waals surface area contributed by atoms with Crippen molar-refractivity contribution in [2.24, 2.45) is 0 Å². The largest absolute Gasteiger partial charge is 0.462 e. The average Bonchev–Trinajstić information content (AvgIpc) is 3.31. The van der Waals surface area contributed by atoms with Gasteiger partial charge < -0.3 is 14.2 Å². The van der Waals surface area contributed by atoms with Gasteiger partial charge in [-0.2, -0.15) is 0 Å². The van der Waals surface area contributed by atoms with Gasteiger partial charge in [0.05, 0.1) is 0 Å². The molecule has 0 saturated heterocycles. The Labute approximate surface area is 409 Å². The number of rotatable bonds is 51. The first-order chi connectivity index (χ1) is 32.5. The fraction of sp³-hybridized carbons (Fsp3) is 0.783. The fourth-order valence-corrected chi connectivity index (χ4v) is 8.12. The summed E-state index contributed by atoms with van der Waals surface area (Å²) in [7, 11) is 0. The van der Waals surface area contributed by atoms with E-state index >= 15 is 0 Å². The van der Waals surface area contributed by atoms with Crippen molar-refractivity contribution >= 4 is 17.9 Å². The number of allylic oxidation sites excluding steroid dienone is 10. The fourth-order valence-electron chi connectivity index (χ4n) is 8.12. The smallest absolute Gasteiger partial charge is 0.306 e. The molecule has 0 heterocycles. The van der Waals surface area contributed by atoms with Crippen molar-refractivity contribution in [2.45, 2.75) is 290 Å². The molecule has 1 atom stereocenters. The van der Waals surface area contributed by atoms with Crippen LogP contribution in [0.3, 0.4) is 0 Å². The lowest BCUT2D eigenvalue weighted by Gasteiger charge is -2.18. The van der Waals surface area contributed by atoms with Gasteiger partial charge in [0.25, 0.3) is 0 Å². The Hall–Kier alpha value is -2.89. The Kier molecular flexibility index (Phi) is 52.3. The molecule has 0 rings (SSSR count). The second-order valence-corrected chi connectivity index (χ2v) is 19.0. The summed E-state index contributed by atoms with van der Waals surface area (Å²) in [6.45, 7) is 6.56. The van der Waals surface area contributed by atoms with Crippen LogP contribution in [0.2, 0.25) is 0 Å². The second kappa shape index (κ2) is 54.7. The molecule has 0 aromatic heterocycles. The predicted molar refractivity (Wildman–Crippen MR) is 284 cm³/mol. The Morgan fingerprint density at radius 1 is 0.303 bits per heavy atom.